The third-order valence-corrected chi connectivity index (χ3v) is 6.54. The molecule has 4 aromatic rings. The van der Waals surface area contributed by atoms with Gasteiger partial charge >= 0.3 is 0 Å². The molecule has 1 saturated heterocycles. The van der Waals surface area contributed by atoms with E-state index in [1.165, 1.54) is 33.3 Å². The van der Waals surface area contributed by atoms with E-state index in [-0.39, 0.29) is 12.5 Å². The van der Waals surface area contributed by atoms with Crippen LogP contribution in [0, 0.1) is 5.92 Å². The van der Waals surface area contributed by atoms with E-state index in [2.05, 4.69) is 94.8 Å². The smallest absolute Gasteiger partial charge is 0.0510 e. The van der Waals surface area contributed by atoms with Gasteiger partial charge in [0, 0.05) is 36.5 Å². The maximum absolute atomic E-state index is 10.1. The van der Waals surface area contributed by atoms with Crippen LogP contribution in [0.25, 0.3) is 22.2 Å². The van der Waals surface area contributed by atoms with E-state index in [1.807, 2.05) is 0 Å². The normalized spacial score (nSPS) is 19.9. The molecule has 0 saturated carbocycles. The molecule has 2 atom stereocenters. The third-order valence-electron chi connectivity index (χ3n) is 6.54. The van der Waals surface area contributed by atoms with E-state index >= 15 is 0 Å². The summed E-state index contributed by atoms with van der Waals surface area (Å²) in [6.45, 7) is 3.09. The van der Waals surface area contributed by atoms with Gasteiger partial charge in [-0.2, -0.15) is 0 Å². The average molecular weight is 397 g/mol. The van der Waals surface area contributed by atoms with Gasteiger partial charge in [-0.05, 0) is 41.6 Å². The maximum atomic E-state index is 10.1. The van der Waals surface area contributed by atoms with Crippen molar-refractivity contribution < 1.29 is 5.11 Å². The lowest BCUT2D eigenvalue weighted by Crippen LogP contribution is -2.40. The molecule has 30 heavy (non-hydrogen) atoms. The SMILES string of the molecule is OCC1CN(Cc2c(-c3ccccc3)[nH]c3ccccc23)CCC1c1ccccc1. The molecule has 1 aliphatic heterocycles. The Hall–Kier alpha value is -2.88. The molecule has 0 amide bonds. The highest BCUT2D eigenvalue weighted by Crippen LogP contribution is 2.36. The molecule has 2 N–H and O–H groups in total. The Kier molecular flexibility index (Phi) is 5.39. The Balaban J connectivity index is 1.44. The van der Waals surface area contributed by atoms with Crippen molar-refractivity contribution in [2.24, 2.45) is 5.92 Å². The number of aliphatic hydroxyl groups is 1. The predicted octanol–water partition coefficient (Wildman–Crippen LogP) is 5.43. The van der Waals surface area contributed by atoms with Crippen molar-refractivity contribution in [1.82, 2.24) is 9.88 Å². The summed E-state index contributed by atoms with van der Waals surface area (Å²) in [5, 5.41) is 11.4. The van der Waals surface area contributed by atoms with Crippen LogP contribution in [0.2, 0.25) is 0 Å². The number of hydrogen-bond acceptors (Lipinski definition) is 2. The highest BCUT2D eigenvalue weighted by atomic mass is 16.3. The fourth-order valence-electron chi connectivity index (χ4n) is 5.01. The molecule has 5 rings (SSSR count). The summed E-state index contributed by atoms with van der Waals surface area (Å²) >= 11 is 0. The number of likely N-dealkylation sites (tertiary alicyclic amines) is 1. The summed E-state index contributed by atoms with van der Waals surface area (Å²) in [6.07, 6.45) is 1.08. The number of piperidine rings is 1. The van der Waals surface area contributed by atoms with Gasteiger partial charge in [0.1, 0.15) is 0 Å². The fraction of sp³-hybridized carbons (Fsp3) is 0.259. The molecule has 0 spiro atoms. The highest BCUT2D eigenvalue weighted by Gasteiger charge is 2.30. The lowest BCUT2D eigenvalue weighted by atomic mass is 9.81. The maximum Gasteiger partial charge on any atom is 0.0510 e. The van der Waals surface area contributed by atoms with Crippen LogP contribution >= 0.6 is 0 Å². The van der Waals surface area contributed by atoms with Gasteiger partial charge < -0.3 is 10.1 Å². The first kappa shape index (κ1) is 19.1. The van der Waals surface area contributed by atoms with Crippen molar-refractivity contribution in [2.75, 3.05) is 19.7 Å². The molecular formula is C27H28N2O. The molecule has 3 nitrogen and oxygen atoms in total. The zero-order valence-corrected chi connectivity index (χ0v) is 17.2. The Morgan fingerprint density at radius 3 is 2.33 bits per heavy atom. The third kappa shape index (κ3) is 3.67. The monoisotopic (exact) mass is 396 g/mol. The van der Waals surface area contributed by atoms with Crippen LogP contribution in [0.4, 0.5) is 0 Å². The fourth-order valence-corrected chi connectivity index (χ4v) is 5.01. The van der Waals surface area contributed by atoms with E-state index in [4.69, 9.17) is 0 Å². The van der Waals surface area contributed by atoms with E-state index in [0.717, 1.165) is 26.1 Å². The van der Waals surface area contributed by atoms with Gasteiger partial charge in [0.25, 0.3) is 0 Å². The summed E-state index contributed by atoms with van der Waals surface area (Å²) in [7, 11) is 0. The molecule has 1 aromatic heterocycles. The van der Waals surface area contributed by atoms with E-state index in [1.54, 1.807) is 0 Å². The molecule has 2 heterocycles. The first-order chi connectivity index (χ1) is 14.8. The summed E-state index contributed by atoms with van der Waals surface area (Å²) in [5.74, 6) is 0.704. The quantitative estimate of drug-likeness (QED) is 0.472. The highest BCUT2D eigenvalue weighted by molar-refractivity contribution is 5.90. The summed E-state index contributed by atoms with van der Waals surface area (Å²) in [6, 6.07) is 29.9. The number of aromatic amines is 1. The first-order valence-corrected chi connectivity index (χ1v) is 10.9. The number of benzene rings is 3. The second kappa shape index (κ2) is 8.47. The number of nitrogens with zero attached hydrogens (tertiary/aromatic N) is 1. The van der Waals surface area contributed by atoms with E-state index in [9.17, 15) is 5.11 Å². The Bertz CT molecular complexity index is 1100. The average Bonchev–Trinajstić information content (AvgIpc) is 3.18. The Morgan fingerprint density at radius 1 is 0.867 bits per heavy atom. The standard InChI is InChI=1S/C27H28N2O/c30-19-22-17-29(16-15-23(22)20-9-3-1-4-10-20)18-25-24-13-7-8-14-26(24)28-27(25)21-11-5-2-6-12-21/h1-14,22-23,28,30H,15-19H2. The van der Waals surface area contributed by atoms with Gasteiger partial charge in [0.2, 0.25) is 0 Å². The first-order valence-electron chi connectivity index (χ1n) is 10.9. The number of rotatable bonds is 5. The zero-order chi connectivity index (χ0) is 20.3. The van der Waals surface area contributed by atoms with Crippen LogP contribution in [-0.2, 0) is 6.54 Å². The van der Waals surface area contributed by atoms with Crippen LogP contribution in [0.5, 0.6) is 0 Å². The van der Waals surface area contributed by atoms with Crippen molar-refractivity contribution in [1.29, 1.82) is 0 Å². The predicted molar refractivity (Wildman–Crippen MR) is 123 cm³/mol. The number of H-pyrrole nitrogens is 1. The molecule has 3 aromatic carbocycles. The minimum absolute atomic E-state index is 0.232. The van der Waals surface area contributed by atoms with Gasteiger partial charge in [-0.1, -0.05) is 78.9 Å². The minimum Gasteiger partial charge on any atom is -0.396 e. The molecular weight excluding hydrogens is 368 g/mol. The number of para-hydroxylation sites is 1. The van der Waals surface area contributed by atoms with E-state index in [0.29, 0.717) is 5.92 Å². The van der Waals surface area contributed by atoms with Crippen LogP contribution in [0.15, 0.2) is 84.9 Å². The number of fused-ring (bicyclic) bond motifs is 1. The molecule has 152 valence electrons. The minimum atomic E-state index is 0.232. The number of nitrogens with one attached hydrogen (secondary N) is 1. The molecule has 0 aliphatic carbocycles. The molecule has 1 aliphatic rings. The van der Waals surface area contributed by atoms with Crippen molar-refractivity contribution in [3.63, 3.8) is 0 Å². The van der Waals surface area contributed by atoms with Crippen LogP contribution in [-0.4, -0.2) is 34.7 Å². The number of aromatic nitrogens is 1. The van der Waals surface area contributed by atoms with E-state index < -0.39 is 0 Å². The molecule has 0 radical (unpaired) electrons. The van der Waals surface area contributed by atoms with Crippen LogP contribution in [0.3, 0.4) is 0 Å². The molecule has 3 heteroatoms. The second-order valence-corrected chi connectivity index (χ2v) is 8.37. The number of hydrogen-bond donors (Lipinski definition) is 2. The second-order valence-electron chi connectivity index (χ2n) is 8.37. The summed E-state index contributed by atoms with van der Waals surface area (Å²) in [5.41, 5.74) is 6.33. The van der Waals surface area contributed by atoms with Crippen molar-refractivity contribution in [3.05, 3.63) is 96.1 Å². The Morgan fingerprint density at radius 2 is 1.57 bits per heavy atom. The van der Waals surface area contributed by atoms with Crippen LogP contribution < -0.4 is 0 Å². The van der Waals surface area contributed by atoms with Gasteiger partial charge in [-0.15, -0.1) is 0 Å². The Labute approximate surface area is 178 Å². The lowest BCUT2D eigenvalue weighted by Gasteiger charge is -2.38. The number of aliphatic hydroxyl groups excluding tert-OH is 1. The van der Waals surface area contributed by atoms with Crippen molar-refractivity contribution in [3.8, 4) is 11.3 Å². The summed E-state index contributed by atoms with van der Waals surface area (Å²) in [4.78, 5) is 6.17. The lowest BCUT2D eigenvalue weighted by molar-refractivity contribution is 0.0976. The largest absolute Gasteiger partial charge is 0.396 e. The van der Waals surface area contributed by atoms with Crippen molar-refractivity contribution in [2.45, 2.75) is 18.9 Å². The van der Waals surface area contributed by atoms with Gasteiger partial charge in [0.15, 0.2) is 0 Å². The topological polar surface area (TPSA) is 39.3 Å². The van der Waals surface area contributed by atoms with Crippen LogP contribution in [0.1, 0.15) is 23.5 Å². The van der Waals surface area contributed by atoms with Gasteiger partial charge in [-0.3, -0.25) is 4.90 Å². The molecule has 1 fully saturated rings. The summed E-state index contributed by atoms with van der Waals surface area (Å²) < 4.78 is 0. The molecule has 0 bridgehead atoms. The molecule has 2 unspecified atom stereocenters. The zero-order valence-electron chi connectivity index (χ0n) is 17.2. The van der Waals surface area contributed by atoms with Gasteiger partial charge in [0.05, 0.1) is 5.69 Å². The van der Waals surface area contributed by atoms with Crippen molar-refractivity contribution >= 4 is 10.9 Å². The van der Waals surface area contributed by atoms with Gasteiger partial charge in [-0.25, -0.2) is 0 Å².